The van der Waals surface area contributed by atoms with E-state index in [0.717, 1.165) is 22.3 Å². The number of nitriles is 1. The third-order valence-electron chi connectivity index (χ3n) is 3.01. The number of nitrogens with zero attached hydrogens (tertiary/aromatic N) is 1. The zero-order chi connectivity index (χ0) is 13.2. The number of phenols is 1. The van der Waals surface area contributed by atoms with Crippen LogP contribution in [0.25, 0.3) is 11.0 Å². The summed E-state index contributed by atoms with van der Waals surface area (Å²) in [6.45, 7) is 0. The van der Waals surface area contributed by atoms with Gasteiger partial charge in [0.05, 0.1) is 11.6 Å². The lowest BCUT2D eigenvalue weighted by molar-refractivity contribution is 0.475. The van der Waals surface area contributed by atoms with E-state index in [1.54, 1.807) is 18.2 Å². The highest BCUT2D eigenvalue weighted by Gasteiger charge is 2.05. The number of fused-ring (bicyclic) bond motifs is 1. The molecule has 19 heavy (non-hydrogen) atoms. The molecule has 0 aliphatic heterocycles. The molecule has 0 saturated carbocycles. The van der Waals surface area contributed by atoms with Crippen LogP contribution in [-0.4, -0.2) is 5.11 Å². The lowest BCUT2D eigenvalue weighted by atomic mass is 10.1. The molecule has 3 aromatic rings. The van der Waals surface area contributed by atoms with Crippen molar-refractivity contribution in [1.29, 1.82) is 5.26 Å². The van der Waals surface area contributed by atoms with E-state index in [1.807, 2.05) is 30.3 Å². The maximum Gasteiger partial charge on any atom is 0.134 e. The minimum Gasteiger partial charge on any atom is -0.508 e. The van der Waals surface area contributed by atoms with Gasteiger partial charge in [0, 0.05) is 11.8 Å². The maximum atomic E-state index is 9.24. The first kappa shape index (κ1) is 11.4. The first-order valence-corrected chi connectivity index (χ1v) is 5.95. The Morgan fingerprint density at radius 1 is 1.05 bits per heavy atom. The normalized spacial score (nSPS) is 10.5. The minimum atomic E-state index is 0.256. The second-order valence-corrected chi connectivity index (χ2v) is 4.42. The Kier molecular flexibility index (Phi) is 2.70. The van der Waals surface area contributed by atoms with Gasteiger partial charge in [-0.3, -0.25) is 0 Å². The Morgan fingerprint density at radius 3 is 2.58 bits per heavy atom. The first-order chi connectivity index (χ1) is 9.24. The van der Waals surface area contributed by atoms with Crippen LogP contribution in [0.4, 0.5) is 0 Å². The van der Waals surface area contributed by atoms with Crippen molar-refractivity contribution < 1.29 is 9.52 Å². The molecule has 2 aromatic carbocycles. The zero-order valence-electron chi connectivity index (χ0n) is 10.1. The van der Waals surface area contributed by atoms with Crippen LogP contribution in [0.15, 0.2) is 52.9 Å². The van der Waals surface area contributed by atoms with Crippen molar-refractivity contribution >= 4 is 11.0 Å². The van der Waals surface area contributed by atoms with Crippen LogP contribution < -0.4 is 0 Å². The fraction of sp³-hybridized carbons (Fsp3) is 0.0625. The van der Waals surface area contributed by atoms with Crippen molar-refractivity contribution in [3.05, 3.63) is 65.4 Å². The Labute approximate surface area is 110 Å². The van der Waals surface area contributed by atoms with Gasteiger partial charge in [-0.15, -0.1) is 0 Å². The fourth-order valence-corrected chi connectivity index (χ4v) is 2.07. The average Bonchev–Trinajstić information content (AvgIpc) is 2.82. The third kappa shape index (κ3) is 2.29. The average molecular weight is 249 g/mol. The van der Waals surface area contributed by atoms with Crippen molar-refractivity contribution in [2.75, 3.05) is 0 Å². The molecule has 0 fully saturated rings. The van der Waals surface area contributed by atoms with Crippen LogP contribution >= 0.6 is 0 Å². The predicted molar refractivity (Wildman–Crippen MR) is 71.8 cm³/mol. The summed E-state index contributed by atoms with van der Waals surface area (Å²) in [5.41, 5.74) is 2.48. The Morgan fingerprint density at radius 2 is 1.84 bits per heavy atom. The Hall–Kier alpha value is -2.73. The van der Waals surface area contributed by atoms with Crippen LogP contribution in [0.2, 0.25) is 0 Å². The summed E-state index contributed by atoms with van der Waals surface area (Å²) in [6.07, 6.45) is 0.664. The van der Waals surface area contributed by atoms with E-state index in [1.165, 1.54) is 0 Å². The highest BCUT2D eigenvalue weighted by molar-refractivity contribution is 5.79. The van der Waals surface area contributed by atoms with Crippen molar-refractivity contribution in [3.8, 4) is 11.8 Å². The molecular weight excluding hydrogens is 238 g/mol. The highest BCUT2D eigenvalue weighted by Crippen LogP contribution is 2.23. The van der Waals surface area contributed by atoms with Gasteiger partial charge in [0.25, 0.3) is 0 Å². The van der Waals surface area contributed by atoms with E-state index < -0.39 is 0 Å². The standard InChI is InChI=1S/C16H11NO2/c17-10-12-3-6-16-13(7-12)9-15(19-16)8-11-1-4-14(18)5-2-11/h1-7,9,18H,8H2. The van der Waals surface area contributed by atoms with Crippen LogP contribution in [0, 0.1) is 11.3 Å². The number of benzene rings is 2. The number of phenolic OH excluding ortho intramolecular Hbond substituents is 1. The second-order valence-electron chi connectivity index (χ2n) is 4.42. The van der Waals surface area contributed by atoms with Crippen molar-refractivity contribution in [3.63, 3.8) is 0 Å². The lowest BCUT2D eigenvalue weighted by Crippen LogP contribution is -1.83. The summed E-state index contributed by atoms with van der Waals surface area (Å²) in [6, 6.07) is 16.5. The number of aromatic hydroxyl groups is 1. The van der Waals surface area contributed by atoms with Gasteiger partial charge in [0.1, 0.15) is 17.1 Å². The Bertz CT molecular complexity index is 764. The van der Waals surface area contributed by atoms with Gasteiger partial charge in [-0.1, -0.05) is 12.1 Å². The fourth-order valence-electron chi connectivity index (χ4n) is 2.07. The summed E-state index contributed by atoms with van der Waals surface area (Å²) in [4.78, 5) is 0. The molecule has 3 rings (SSSR count). The third-order valence-corrected chi connectivity index (χ3v) is 3.01. The molecule has 0 amide bonds. The zero-order valence-corrected chi connectivity index (χ0v) is 10.1. The van der Waals surface area contributed by atoms with E-state index in [0.29, 0.717) is 12.0 Å². The van der Waals surface area contributed by atoms with Crippen LogP contribution in [0.1, 0.15) is 16.9 Å². The highest BCUT2D eigenvalue weighted by atomic mass is 16.3. The summed E-state index contributed by atoms with van der Waals surface area (Å²) < 4.78 is 5.73. The van der Waals surface area contributed by atoms with Gasteiger partial charge in [-0.05, 0) is 42.0 Å². The topological polar surface area (TPSA) is 57.2 Å². The molecular formula is C16H11NO2. The second kappa shape index (κ2) is 4.51. The number of hydrogen-bond donors (Lipinski definition) is 1. The predicted octanol–water partition coefficient (Wildman–Crippen LogP) is 3.60. The summed E-state index contributed by atoms with van der Waals surface area (Å²) in [5.74, 6) is 1.10. The Balaban J connectivity index is 1.93. The van der Waals surface area contributed by atoms with E-state index in [9.17, 15) is 5.11 Å². The molecule has 1 N–H and O–H groups in total. The van der Waals surface area contributed by atoms with Gasteiger partial charge in [0.15, 0.2) is 0 Å². The maximum absolute atomic E-state index is 9.24. The molecule has 0 unspecified atom stereocenters. The summed E-state index contributed by atoms with van der Waals surface area (Å²) in [7, 11) is 0. The molecule has 0 atom stereocenters. The summed E-state index contributed by atoms with van der Waals surface area (Å²) >= 11 is 0. The minimum absolute atomic E-state index is 0.256. The molecule has 1 heterocycles. The summed E-state index contributed by atoms with van der Waals surface area (Å²) in [5, 5.41) is 19.0. The van der Waals surface area contributed by atoms with E-state index in [4.69, 9.17) is 9.68 Å². The van der Waals surface area contributed by atoms with Crippen LogP contribution in [0.5, 0.6) is 5.75 Å². The SMILES string of the molecule is N#Cc1ccc2oc(Cc3ccc(O)cc3)cc2c1. The van der Waals surface area contributed by atoms with E-state index in [-0.39, 0.29) is 5.75 Å². The number of rotatable bonds is 2. The van der Waals surface area contributed by atoms with Crippen LogP contribution in [0.3, 0.4) is 0 Å². The van der Waals surface area contributed by atoms with Crippen LogP contribution in [-0.2, 0) is 6.42 Å². The molecule has 0 spiro atoms. The monoisotopic (exact) mass is 249 g/mol. The van der Waals surface area contributed by atoms with Gasteiger partial charge in [0.2, 0.25) is 0 Å². The largest absolute Gasteiger partial charge is 0.508 e. The molecule has 3 heteroatoms. The molecule has 0 bridgehead atoms. The quantitative estimate of drug-likeness (QED) is 0.754. The van der Waals surface area contributed by atoms with Gasteiger partial charge < -0.3 is 9.52 Å². The smallest absolute Gasteiger partial charge is 0.134 e. The van der Waals surface area contributed by atoms with E-state index >= 15 is 0 Å². The molecule has 3 nitrogen and oxygen atoms in total. The molecule has 0 radical (unpaired) electrons. The van der Waals surface area contributed by atoms with E-state index in [2.05, 4.69) is 6.07 Å². The number of furan rings is 1. The molecule has 1 aromatic heterocycles. The van der Waals surface area contributed by atoms with Crippen molar-refractivity contribution in [2.45, 2.75) is 6.42 Å². The molecule has 0 aliphatic carbocycles. The molecule has 0 aliphatic rings. The van der Waals surface area contributed by atoms with Gasteiger partial charge >= 0.3 is 0 Å². The number of hydrogen-bond acceptors (Lipinski definition) is 3. The van der Waals surface area contributed by atoms with Crippen molar-refractivity contribution in [1.82, 2.24) is 0 Å². The van der Waals surface area contributed by atoms with Crippen molar-refractivity contribution in [2.24, 2.45) is 0 Å². The van der Waals surface area contributed by atoms with Gasteiger partial charge in [-0.25, -0.2) is 0 Å². The molecule has 0 saturated heterocycles. The van der Waals surface area contributed by atoms with Gasteiger partial charge in [-0.2, -0.15) is 5.26 Å². The lowest BCUT2D eigenvalue weighted by Gasteiger charge is -1.98. The molecule has 92 valence electrons. The first-order valence-electron chi connectivity index (χ1n) is 5.95.